The molecule has 31 heavy (non-hydrogen) atoms. The van der Waals surface area contributed by atoms with E-state index in [2.05, 4.69) is 11.1 Å². The van der Waals surface area contributed by atoms with E-state index in [-0.39, 0.29) is 49.4 Å². The first kappa shape index (κ1) is 22.2. The van der Waals surface area contributed by atoms with E-state index >= 15 is 0 Å². The van der Waals surface area contributed by atoms with Gasteiger partial charge >= 0.3 is 6.18 Å². The maximum Gasteiger partial charge on any atom is 0.435 e. The number of fused-ring (bicyclic) bond motifs is 1. The molecule has 4 rings (SSSR count). The second-order valence-electron chi connectivity index (χ2n) is 8.84. The fourth-order valence-electron chi connectivity index (χ4n) is 4.70. The number of nitrogens with zero attached hydrogens (tertiary/aromatic N) is 2. The van der Waals surface area contributed by atoms with Gasteiger partial charge in [0.05, 0.1) is 5.69 Å². The summed E-state index contributed by atoms with van der Waals surface area (Å²) in [5.41, 5.74) is 0.881. The highest BCUT2D eigenvalue weighted by atomic mass is 19.4. The summed E-state index contributed by atoms with van der Waals surface area (Å²) in [7, 11) is 0. The van der Waals surface area contributed by atoms with E-state index in [1.807, 2.05) is 12.1 Å². The molecule has 1 saturated carbocycles. The summed E-state index contributed by atoms with van der Waals surface area (Å²) in [4.78, 5) is 3.93. The van der Waals surface area contributed by atoms with Gasteiger partial charge in [-0.25, -0.2) is 13.8 Å². The van der Waals surface area contributed by atoms with Gasteiger partial charge in [0.1, 0.15) is 5.65 Å². The normalized spacial score (nSPS) is 21.4. The van der Waals surface area contributed by atoms with Gasteiger partial charge in [0.25, 0.3) is 0 Å². The van der Waals surface area contributed by atoms with E-state index in [9.17, 15) is 22.0 Å². The maximum atomic E-state index is 13.8. The lowest BCUT2D eigenvalue weighted by Crippen LogP contribution is -2.26. The molecule has 0 radical (unpaired) electrons. The van der Waals surface area contributed by atoms with Crippen LogP contribution >= 0.6 is 0 Å². The minimum atomic E-state index is -4.59. The second-order valence-corrected chi connectivity index (χ2v) is 8.84. The van der Waals surface area contributed by atoms with Gasteiger partial charge in [-0.15, -0.1) is 0 Å². The number of aryl methyl sites for hydroxylation is 1. The number of aromatic nitrogens is 2. The highest BCUT2D eigenvalue weighted by molar-refractivity contribution is 5.59. The molecule has 0 N–H and O–H groups in total. The number of hydrogen-bond donors (Lipinski definition) is 0. The molecule has 2 aromatic rings. The van der Waals surface area contributed by atoms with Crippen LogP contribution in [-0.4, -0.2) is 28.5 Å². The molecule has 3 heterocycles. The van der Waals surface area contributed by atoms with Crippen LogP contribution in [0.15, 0.2) is 18.2 Å². The molecule has 2 aromatic heterocycles. The first-order chi connectivity index (χ1) is 14.6. The Morgan fingerprint density at radius 3 is 2.45 bits per heavy atom. The average molecular weight is 442 g/mol. The second kappa shape index (κ2) is 8.52. The number of pyridine rings is 1. The largest absolute Gasteiger partial charge is 0.435 e. The van der Waals surface area contributed by atoms with Crippen LogP contribution in [0.5, 0.6) is 0 Å². The van der Waals surface area contributed by atoms with E-state index in [1.54, 1.807) is 17.4 Å². The quantitative estimate of drug-likeness (QED) is 0.508. The molecular formula is C23H27F5N2O. The molecule has 0 atom stereocenters. The number of hydrogen-bond acceptors (Lipinski definition) is 2. The summed E-state index contributed by atoms with van der Waals surface area (Å²) < 4.78 is 75.2. The Kier molecular flexibility index (Phi) is 6.12. The predicted molar refractivity (Wildman–Crippen MR) is 108 cm³/mol. The number of halogens is 5. The van der Waals surface area contributed by atoms with Crippen molar-refractivity contribution in [2.75, 3.05) is 13.2 Å². The lowest BCUT2D eigenvalue weighted by Gasteiger charge is -2.28. The number of alkyl halides is 5. The van der Waals surface area contributed by atoms with Crippen LogP contribution in [0, 0.1) is 18.8 Å². The minimum absolute atomic E-state index is 0.0789. The van der Waals surface area contributed by atoms with Crippen LogP contribution in [0.2, 0.25) is 0 Å². The van der Waals surface area contributed by atoms with Crippen LogP contribution in [0.25, 0.3) is 11.7 Å². The Balaban J connectivity index is 1.65. The van der Waals surface area contributed by atoms with Gasteiger partial charge in [0, 0.05) is 31.7 Å². The zero-order valence-corrected chi connectivity index (χ0v) is 17.5. The van der Waals surface area contributed by atoms with Gasteiger partial charge in [-0.05, 0) is 68.6 Å². The maximum absolute atomic E-state index is 13.8. The highest BCUT2D eigenvalue weighted by Crippen LogP contribution is 2.40. The molecule has 1 saturated heterocycles. The summed E-state index contributed by atoms with van der Waals surface area (Å²) >= 11 is 0. The van der Waals surface area contributed by atoms with E-state index in [1.165, 1.54) is 0 Å². The molecule has 1 aliphatic heterocycles. The standard InChI is InChI=1S/C23H27F5N2O/c1-15-12-18(3-2-16-6-10-31-11-7-16)14-20-29-21(23(26,27)28)19(30(15)20)13-17-4-8-22(24,25)9-5-17/h2-3,12,14,16-17H,4-11,13H2,1H3/b3-2-. The van der Waals surface area contributed by atoms with Crippen LogP contribution in [0.1, 0.15) is 61.2 Å². The summed E-state index contributed by atoms with van der Waals surface area (Å²) in [6, 6.07) is 3.51. The highest BCUT2D eigenvalue weighted by Gasteiger charge is 2.40. The van der Waals surface area contributed by atoms with Crippen LogP contribution in [0.4, 0.5) is 22.0 Å². The van der Waals surface area contributed by atoms with Crippen molar-refractivity contribution in [2.24, 2.45) is 11.8 Å². The van der Waals surface area contributed by atoms with Crippen molar-refractivity contribution in [1.29, 1.82) is 0 Å². The number of ether oxygens (including phenoxy) is 1. The van der Waals surface area contributed by atoms with Crippen molar-refractivity contribution in [1.82, 2.24) is 9.38 Å². The van der Waals surface area contributed by atoms with E-state index < -0.39 is 17.8 Å². The van der Waals surface area contributed by atoms with Crippen LogP contribution in [0.3, 0.4) is 0 Å². The Labute approximate surface area is 178 Å². The fourth-order valence-corrected chi connectivity index (χ4v) is 4.70. The van der Waals surface area contributed by atoms with E-state index in [0.29, 0.717) is 11.6 Å². The summed E-state index contributed by atoms with van der Waals surface area (Å²) in [5, 5.41) is 0. The molecule has 0 aromatic carbocycles. The zero-order valence-electron chi connectivity index (χ0n) is 17.5. The van der Waals surface area contributed by atoms with Crippen LogP contribution in [-0.2, 0) is 17.3 Å². The third-order valence-corrected chi connectivity index (χ3v) is 6.44. The molecule has 0 spiro atoms. The van der Waals surface area contributed by atoms with Crippen molar-refractivity contribution in [3.05, 3.63) is 40.9 Å². The first-order valence-electron chi connectivity index (χ1n) is 10.9. The topological polar surface area (TPSA) is 26.5 Å². The Morgan fingerprint density at radius 2 is 1.81 bits per heavy atom. The van der Waals surface area contributed by atoms with E-state index in [4.69, 9.17) is 4.74 Å². The molecule has 170 valence electrons. The zero-order chi connectivity index (χ0) is 22.2. The number of allylic oxidation sites excluding steroid dienone is 1. The summed E-state index contributed by atoms with van der Waals surface area (Å²) in [6.07, 6.45) is 1.32. The molecule has 0 unspecified atom stereocenters. The number of rotatable bonds is 4. The molecule has 1 aliphatic carbocycles. The summed E-state index contributed by atoms with van der Waals surface area (Å²) in [5.74, 6) is -2.51. The van der Waals surface area contributed by atoms with Gasteiger partial charge in [-0.2, -0.15) is 13.2 Å². The number of imidazole rings is 1. The molecular weight excluding hydrogens is 415 g/mol. The predicted octanol–water partition coefficient (Wildman–Crippen LogP) is 6.47. The van der Waals surface area contributed by atoms with E-state index in [0.717, 1.165) is 31.6 Å². The first-order valence-corrected chi connectivity index (χ1v) is 10.9. The molecule has 2 aliphatic rings. The van der Waals surface area contributed by atoms with Gasteiger partial charge in [-0.3, -0.25) is 0 Å². The van der Waals surface area contributed by atoms with Crippen molar-refractivity contribution in [3.63, 3.8) is 0 Å². The lowest BCUT2D eigenvalue weighted by molar-refractivity contribution is -0.141. The van der Waals surface area contributed by atoms with Gasteiger partial charge in [-0.1, -0.05) is 12.2 Å². The van der Waals surface area contributed by atoms with Crippen molar-refractivity contribution in [3.8, 4) is 0 Å². The van der Waals surface area contributed by atoms with Crippen molar-refractivity contribution >= 4 is 11.7 Å². The molecule has 0 amide bonds. The van der Waals surface area contributed by atoms with Crippen LogP contribution < -0.4 is 0 Å². The molecule has 3 nitrogen and oxygen atoms in total. The van der Waals surface area contributed by atoms with Gasteiger partial charge in [0.15, 0.2) is 5.69 Å². The Hall–Kier alpha value is -1.96. The van der Waals surface area contributed by atoms with Crippen molar-refractivity contribution < 1.29 is 26.7 Å². The monoisotopic (exact) mass is 442 g/mol. The SMILES string of the molecule is Cc1cc(/C=C\C2CCOCC2)cc2nc(C(F)(F)F)c(CC3CCC(F)(F)CC3)n12. The molecule has 0 bridgehead atoms. The molecule has 2 fully saturated rings. The third-order valence-electron chi connectivity index (χ3n) is 6.44. The third kappa shape index (κ3) is 5.10. The molecule has 8 heteroatoms. The van der Waals surface area contributed by atoms with Gasteiger partial charge in [0.2, 0.25) is 5.92 Å². The average Bonchev–Trinajstić information content (AvgIpc) is 3.08. The fraction of sp³-hybridized carbons (Fsp3) is 0.609. The smallest absolute Gasteiger partial charge is 0.381 e. The van der Waals surface area contributed by atoms with Gasteiger partial charge < -0.3 is 9.14 Å². The Bertz CT molecular complexity index is 947. The van der Waals surface area contributed by atoms with Crippen molar-refractivity contribution in [2.45, 2.75) is 64.0 Å². The minimum Gasteiger partial charge on any atom is -0.381 e. The lowest BCUT2D eigenvalue weighted by atomic mass is 9.83. The Morgan fingerprint density at radius 1 is 1.13 bits per heavy atom. The summed E-state index contributed by atoms with van der Waals surface area (Å²) in [6.45, 7) is 3.20.